The minimum atomic E-state index is -1.23. The molecule has 0 saturated carbocycles. The highest BCUT2D eigenvalue weighted by Gasteiger charge is 2.40. The molecular formula is C14H20O3. The normalized spacial score (nSPS) is 16.2. The predicted molar refractivity (Wildman–Crippen MR) is 66.9 cm³/mol. The lowest BCUT2D eigenvalue weighted by Crippen LogP contribution is -2.40. The Morgan fingerprint density at radius 1 is 1.35 bits per heavy atom. The first-order chi connectivity index (χ1) is 8.06. The molecule has 0 aromatic heterocycles. The average Bonchev–Trinajstić information content (AvgIpc) is 2.36. The maximum atomic E-state index is 11.6. The van der Waals surface area contributed by atoms with Crippen LogP contribution in [0.4, 0.5) is 0 Å². The molecule has 0 radical (unpaired) electrons. The van der Waals surface area contributed by atoms with Crippen molar-refractivity contribution in [3.8, 4) is 0 Å². The maximum Gasteiger partial charge on any atom is 0.340 e. The Hall–Kier alpha value is -1.35. The summed E-state index contributed by atoms with van der Waals surface area (Å²) < 4.78 is 5.78. The van der Waals surface area contributed by atoms with Gasteiger partial charge in [0.1, 0.15) is 0 Å². The first-order valence-corrected chi connectivity index (χ1v) is 6.03. The summed E-state index contributed by atoms with van der Waals surface area (Å²) >= 11 is 0. The quantitative estimate of drug-likeness (QED) is 0.825. The van der Waals surface area contributed by atoms with E-state index in [1.165, 1.54) is 0 Å². The number of rotatable bonds is 6. The third kappa shape index (κ3) is 2.86. The second-order valence-corrected chi connectivity index (χ2v) is 4.19. The number of benzene rings is 1. The van der Waals surface area contributed by atoms with E-state index in [4.69, 9.17) is 4.74 Å². The van der Waals surface area contributed by atoms with Crippen LogP contribution in [0.5, 0.6) is 0 Å². The van der Waals surface area contributed by atoms with E-state index < -0.39 is 11.6 Å². The summed E-state index contributed by atoms with van der Waals surface area (Å²) in [5.41, 5.74) is -0.522. The Balaban J connectivity index is 3.14. The van der Waals surface area contributed by atoms with E-state index in [1.807, 2.05) is 39.0 Å². The van der Waals surface area contributed by atoms with Crippen LogP contribution < -0.4 is 0 Å². The predicted octanol–water partition coefficient (Wildman–Crippen LogP) is 3.19. The van der Waals surface area contributed by atoms with E-state index in [2.05, 4.69) is 0 Å². The third-order valence-electron chi connectivity index (χ3n) is 3.06. The SMILES string of the molecule is CCC(C)OC(CC)(C(=O)O)c1ccccc1. The molecule has 2 unspecified atom stereocenters. The summed E-state index contributed by atoms with van der Waals surface area (Å²) in [6.07, 6.45) is 1.13. The fourth-order valence-electron chi connectivity index (χ4n) is 1.81. The lowest BCUT2D eigenvalue weighted by molar-refractivity contribution is -0.176. The van der Waals surface area contributed by atoms with Gasteiger partial charge in [-0.05, 0) is 25.3 Å². The van der Waals surface area contributed by atoms with Gasteiger partial charge in [-0.15, -0.1) is 0 Å². The van der Waals surface area contributed by atoms with E-state index in [-0.39, 0.29) is 6.10 Å². The standard InChI is InChI=1S/C14H20O3/c1-4-11(3)17-14(5-2,13(15)16)12-9-7-6-8-10-12/h6-11H,4-5H2,1-3H3,(H,15,16). The van der Waals surface area contributed by atoms with Crippen LogP contribution in [0.2, 0.25) is 0 Å². The van der Waals surface area contributed by atoms with Gasteiger partial charge in [0.15, 0.2) is 5.60 Å². The van der Waals surface area contributed by atoms with Gasteiger partial charge in [-0.25, -0.2) is 4.79 Å². The molecule has 3 heteroatoms. The van der Waals surface area contributed by atoms with E-state index in [1.54, 1.807) is 12.1 Å². The van der Waals surface area contributed by atoms with Crippen molar-refractivity contribution >= 4 is 5.97 Å². The van der Waals surface area contributed by atoms with Crippen molar-refractivity contribution in [2.24, 2.45) is 0 Å². The fourth-order valence-corrected chi connectivity index (χ4v) is 1.81. The van der Waals surface area contributed by atoms with Crippen molar-refractivity contribution in [1.29, 1.82) is 0 Å². The second kappa shape index (κ2) is 5.82. The largest absolute Gasteiger partial charge is 0.479 e. The Bertz CT molecular complexity index is 361. The molecule has 0 fully saturated rings. The molecular weight excluding hydrogens is 216 g/mol. The zero-order valence-corrected chi connectivity index (χ0v) is 10.6. The topological polar surface area (TPSA) is 46.5 Å². The van der Waals surface area contributed by atoms with Gasteiger partial charge in [-0.3, -0.25) is 0 Å². The Morgan fingerprint density at radius 2 is 1.94 bits per heavy atom. The molecule has 1 aromatic carbocycles. The number of hydrogen-bond acceptors (Lipinski definition) is 2. The van der Waals surface area contributed by atoms with Crippen molar-refractivity contribution < 1.29 is 14.6 Å². The molecule has 1 N–H and O–H groups in total. The minimum Gasteiger partial charge on any atom is -0.479 e. The van der Waals surface area contributed by atoms with E-state index in [9.17, 15) is 9.90 Å². The highest BCUT2D eigenvalue weighted by Crippen LogP contribution is 2.31. The van der Waals surface area contributed by atoms with Gasteiger partial charge in [0.25, 0.3) is 0 Å². The molecule has 94 valence electrons. The molecule has 0 amide bonds. The molecule has 0 aliphatic heterocycles. The lowest BCUT2D eigenvalue weighted by atomic mass is 9.90. The number of carboxylic acid groups (broad SMARTS) is 1. The third-order valence-corrected chi connectivity index (χ3v) is 3.06. The zero-order chi connectivity index (χ0) is 12.9. The van der Waals surface area contributed by atoms with Crippen molar-refractivity contribution in [3.63, 3.8) is 0 Å². The number of aliphatic carboxylic acids is 1. The average molecular weight is 236 g/mol. The van der Waals surface area contributed by atoms with Crippen LogP contribution in [-0.2, 0) is 15.1 Å². The summed E-state index contributed by atoms with van der Waals surface area (Å²) in [6, 6.07) is 9.15. The van der Waals surface area contributed by atoms with Gasteiger partial charge in [-0.2, -0.15) is 0 Å². The van der Waals surface area contributed by atoms with Crippen molar-refractivity contribution in [1.82, 2.24) is 0 Å². The molecule has 0 bridgehead atoms. The highest BCUT2D eigenvalue weighted by atomic mass is 16.5. The fraction of sp³-hybridized carbons (Fsp3) is 0.500. The van der Waals surface area contributed by atoms with Crippen LogP contribution in [-0.4, -0.2) is 17.2 Å². The van der Waals surface area contributed by atoms with Gasteiger partial charge in [-0.1, -0.05) is 44.2 Å². The summed E-state index contributed by atoms with van der Waals surface area (Å²) in [5.74, 6) is -0.925. The second-order valence-electron chi connectivity index (χ2n) is 4.19. The van der Waals surface area contributed by atoms with Crippen molar-refractivity contribution in [2.45, 2.75) is 45.3 Å². The smallest absolute Gasteiger partial charge is 0.340 e. The van der Waals surface area contributed by atoms with Gasteiger partial charge < -0.3 is 9.84 Å². The van der Waals surface area contributed by atoms with Gasteiger partial charge in [0.2, 0.25) is 0 Å². The van der Waals surface area contributed by atoms with Crippen LogP contribution in [0.3, 0.4) is 0 Å². The summed E-state index contributed by atoms with van der Waals surface area (Å²) in [5, 5.41) is 9.50. The Labute approximate surface area is 102 Å². The molecule has 3 nitrogen and oxygen atoms in total. The lowest BCUT2D eigenvalue weighted by Gasteiger charge is -2.31. The summed E-state index contributed by atoms with van der Waals surface area (Å²) in [4.78, 5) is 11.6. The van der Waals surface area contributed by atoms with Gasteiger partial charge in [0.05, 0.1) is 6.10 Å². The Morgan fingerprint density at radius 3 is 2.35 bits per heavy atom. The highest BCUT2D eigenvalue weighted by molar-refractivity contribution is 5.79. The monoisotopic (exact) mass is 236 g/mol. The van der Waals surface area contributed by atoms with E-state index in [0.29, 0.717) is 12.0 Å². The van der Waals surface area contributed by atoms with E-state index >= 15 is 0 Å². The molecule has 1 rings (SSSR count). The van der Waals surface area contributed by atoms with Crippen LogP contribution in [0, 0.1) is 0 Å². The summed E-state index contributed by atoms with van der Waals surface area (Å²) in [7, 11) is 0. The zero-order valence-electron chi connectivity index (χ0n) is 10.6. The van der Waals surface area contributed by atoms with E-state index in [0.717, 1.165) is 6.42 Å². The number of carbonyl (C=O) groups is 1. The first kappa shape index (κ1) is 13.7. The van der Waals surface area contributed by atoms with Crippen molar-refractivity contribution in [3.05, 3.63) is 35.9 Å². The molecule has 0 aliphatic rings. The summed E-state index contributed by atoms with van der Waals surface area (Å²) in [6.45, 7) is 5.72. The molecule has 0 spiro atoms. The Kier molecular flexibility index (Phi) is 4.70. The van der Waals surface area contributed by atoms with Crippen LogP contribution in [0.15, 0.2) is 30.3 Å². The molecule has 0 saturated heterocycles. The van der Waals surface area contributed by atoms with Crippen LogP contribution in [0.1, 0.15) is 39.2 Å². The molecule has 0 heterocycles. The molecule has 0 aliphatic carbocycles. The number of hydrogen-bond donors (Lipinski definition) is 1. The first-order valence-electron chi connectivity index (χ1n) is 6.03. The number of ether oxygens (including phenoxy) is 1. The molecule has 17 heavy (non-hydrogen) atoms. The molecule has 2 atom stereocenters. The van der Waals surface area contributed by atoms with Gasteiger partial charge in [0, 0.05) is 0 Å². The van der Waals surface area contributed by atoms with Gasteiger partial charge >= 0.3 is 5.97 Å². The minimum absolute atomic E-state index is 0.0775. The maximum absolute atomic E-state index is 11.6. The van der Waals surface area contributed by atoms with Crippen LogP contribution in [0.25, 0.3) is 0 Å². The molecule has 1 aromatic rings. The van der Waals surface area contributed by atoms with Crippen molar-refractivity contribution in [2.75, 3.05) is 0 Å². The van der Waals surface area contributed by atoms with Crippen LogP contribution >= 0.6 is 0 Å². The number of carboxylic acids is 1.